The van der Waals surface area contributed by atoms with Gasteiger partial charge in [-0.15, -0.1) is 35.3 Å². The monoisotopic (exact) mass is 459 g/mol. The molecular formula is C18H26IN3OS. The highest BCUT2D eigenvalue weighted by Gasteiger charge is 2.06. The van der Waals surface area contributed by atoms with E-state index in [9.17, 15) is 5.11 Å². The Morgan fingerprint density at radius 3 is 2.75 bits per heavy atom. The third-order valence-electron chi connectivity index (χ3n) is 3.51. The fraction of sp³-hybridized carbons (Fsp3) is 0.389. The van der Waals surface area contributed by atoms with Crippen LogP contribution in [0, 0.1) is 0 Å². The largest absolute Gasteiger partial charge is 0.508 e. The summed E-state index contributed by atoms with van der Waals surface area (Å²) >= 11 is 1.78. The molecular weight excluding hydrogens is 433 g/mol. The summed E-state index contributed by atoms with van der Waals surface area (Å²) in [5.41, 5.74) is 1.11. The molecule has 0 spiro atoms. The van der Waals surface area contributed by atoms with Gasteiger partial charge in [0.1, 0.15) is 5.75 Å². The smallest absolute Gasteiger partial charge is 0.191 e. The van der Waals surface area contributed by atoms with Gasteiger partial charge in [0.15, 0.2) is 5.96 Å². The van der Waals surface area contributed by atoms with Gasteiger partial charge in [-0.3, -0.25) is 4.99 Å². The van der Waals surface area contributed by atoms with Gasteiger partial charge in [-0.25, -0.2) is 0 Å². The molecule has 2 rings (SSSR count). The van der Waals surface area contributed by atoms with Crippen LogP contribution in [0.3, 0.4) is 0 Å². The predicted octanol–water partition coefficient (Wildman–Crippen LogP) is 3.97. The lowest BCUT2D eigenvalue weighted by Crippen LogP contribution is -2.38. The average molecular weight is 459 g/mol. The molecule has 1 unspecified atom stereocenters. The van der Waals surface area contributed by atoms with E-state index in [1.165, 1.54) is 4.88 Å². The van der Waals surface area contributed by atoms with Gasteiger partial charge >= 0.3 is 0 Å². The van der Waals surface area contributed by atoms with Crippen molar-refractivity contribution in [1.82, 2.24) is 10.6 Å². The first-order chi connectivity index (χ1) is 11.2. The first-order valence-corrected chi connectivity index (χ1v) is 8.90. The molecule has 0 aliphatic heterocycles. The molecule has 0 fully saturated rings. The number of hydrogen-bond donors (Lipinski definition) is 3. The number of rotatable bonds is 7. The Labute approximate surface area is 165 Å². The summed E-state index contributed by atoms with van der Waals surface area (Å²) in [6, 6.07) is 11.6. The van der Waals surface area contributed by atoms with Gasteiger partial charge < -0.3 is 15.7 Å². The summed E-state index contributed by atoms with van der Waals surface area (Å²) < 4.78 is 0. The lowest BCUT2D eigenvalue weighted by molar-refractivity contribution is 0.474. The molecule has 0 amide bonds. The number of phenolic OH excluding ortho intramolecular Hbond substituents is 1. The van der Waals surface area contributed by atoms with Crippen LogP contribution < -0.4 is 10.6 Å². The Hall–Kier alpha value is -1.28. The van der Waals surface area contributed by atoms with Gasteiger partial charge in [-0.1, -0.05) is 25.1 Å². The maximum Gasteiger partial charge on any atom is 0.191 e. The fourth-order valence-electron chi connectivity index (χ4n) is 2.27. The quantitative estimate of drug-likeness (QED) is 0.334. The second-order valence-corrected chi connectivity index (χ2v) is 6.46. The molecule has 1 heterocycles. The summed E-state index contributed by atoms with van der Waals surface area (Å²) in [7, 11) is 0. The number of nitrogens with one attached hydrogen (secondary N) is 2. The Balaban J connectivity index is 0.00000288. The Bertz CT molecular complexity index is 616. The Morgan fingerprint density at radius 2 is 2.08 bits per heavy atom. The molecule has 3 N–H and O–H groups in total. The molecule has 0 bridgehead atoms. The van der Waals surface area contributed by atoms with E-state index in [4.69, 9.17) is 0 Å². The molecule has 1 aromatic heterocycles. The van der Waals surface area contributed by atoms with E-state index < -0.39 is 0 Å². The minimum atomic E-state index is 0. The van der Waals surface area contributed by atoms with E-state index in [-0.39, 0.29) is 24.0 Å². The van der Waals surface area contributed by atoms with E-state index in [2.05, 4.69) is 47.0 Å². The minimum absolute atomic E-state index is 0. The molecule has 4 nitrogen and oxygen atoms in total. The van der Waals surface area contributed by atoms with Gasteiger partial charge in [0, 0.05) is 23.9 Å². The molecule has 1 aromatic carbocycles. The van der Waals surface area contributed by atoms with E-state index >= 15 is 0 Å². The number of thiophene rings is 1. The highest BCUT2D eigenvalue weighted by atomic mass is 127. The Morgan fingerprint density at radius 1 is 1.25 bits per heavy atom. The van der Waals surface area contributed by atoms with Gasteiger partial charge in [0.05, 0.1) is 6.54 Å². The molecule has 2 aromatic rings. The van der Waals surface area contributed by atoms with Crippen molar-refractivity contribution in [3.63, 3.8) is 0 Å². The Kier molecular flexibility index (Phi) is 9.78. The second kappa shape index (κ2) is 11.3. The van der Waals surface area contributed by atoms with Crippen LogP contribution in [0.15, 0.2) is 46.8 Å². The third-order valence-corrected chi connectivity index (χ3v) is 4.62. The zero-order chi connectivity index (χ0) is 16.5. The van der Waals surface area contributed by atoms with Crippen molar-refractivity contribution in [2.75, 3.05) is 19.6 Å². The molecule has 132 valence electrons. The van der Waals surface area contributed by atoms with Crippen LogP contribution in [-0.2, 0) is 6.42 Å². The summed E-state index contributed by atoms with van der Waals surface area (Å²) in [4.78, 5) is 6.03. The maximum atomic E-state index is 9.49. The first kappa shape index (κ1) is 20.8. The fourth-order valence-corrected chi connectivity index (χ4v) is 3.05. The first-order valence-electron chi connectivity index (χ1n) is 8.02. The molecule has 0 aliphatic carbocycles. The third kappa shape index (κ3) is 7.09. The number of phenols is 1. The molecule has 24 heavy (non-hydrogen) atoms. The molecule has 0 saturated heterocycles. The summed E-state index contributed by atoms with van der Waals surface area (Å²) in [5, 5.41) is 18.2. The van der Waals surface area contributed by atoms with E-state index in [0.29, 0.717) is 11.7 Å². The van der Waals surface area contributed by atoms with Crippen molar-refractivity contribution in [2.24, 2.45) is 4.99 Å². The molecule has 0 saturated carbocycles. The number of guanidine groups is 1. The van der Waals surface area contributed by atoms with Crippen LogP contribution >= 0.6 is 35.3 Å². The van der Waals surface area contributed by atoms with Crippen molar-refractivity contribution in [1.29, 1.82) is 0 Å². The van der Waals surface area contributed by atoms with Gasteiger partial charge in [0.2, 0.25) is 0 Å². The van der Waals surface area contributed by atoms with Crippen LogP contribution in [0.4, 0.5) is 0 Å². The maximum absolute atomic E-state index is 9.49. The van der Waals surface area contributed by atoms with Gasteiger partial charge in [-0.05, 0) is 42.5 Å². The zero-order valence-electron chi connectivity index (χ0n) is 14.2. The van der Waals surface area contributed by atoms with Crippen molar-refractivity contribution in [3.8, 4) is 5.75 Å². The summed E-state index contributed by atoms with van der Waals surface area (Å²) in [6.07, 6.45) is 0.847. The normalized spacial score (nSPS) is 12.3. The van der Waals surface area contributed by atoms with E-state index in [0.717, 1.165) is 37.6 Å². The zero-order valence-corrected chi connectivity index (χ0v) is 17.3. The lowest BCUT2D eigenvalue weighted by Gasteiger charge is -2.13. The van der Waals surface area contributed by atoms with E-state index in [1.807, 2.05) is 12.1 Å². The van der Waals surface area contributed by atoms with Crippen LogP contribution in [-0.4, -0.2) is 30.7 Å². The molecule has 0 aliphatic rings. The second-order valence-electron chi connectivity index (χ2n) is 5.48. The van der Waals surface area contributed by atoms with Crippen LogP contribution in [0.1, 0.15) is 30.2 Å². The minimum Gasteiger partial charge on any atom is -0.508 e. The van der Waals surface area contributed by atoms with E-state index in [1.54, 1.807) is 23.5 Å². The lowest BCUT2D eigenvalue weighted by atomic mass is 10.1. The SMILES string of the molecule is CCNC(=NCC(C)c1cccs1)NCCc1cccc(O)c1.I. The molecule has 0 radical (unpaired) electrons. The molecule has 1 atom stereocenters. The number of aliphatic imine (C=N–C) groups is 1. The summed E-state index contributed by atoms with van der Waals surface area (Å²) in [5.74, 6) is 1.58. The van der Waals surface area contributed by atoms with Gasteiger partial charge in [-0.2, -0.15) is 0 Å². The highest BCUT2D eigenvalue weighted by Crippen LogP contribution is 2.20. The van der Waals surface area contributed by atoms with Gasteiger partial charge in [0.25, 0.3) is 0 Å². The highest BCUT2D eigenvalue weighted by molar-refractivity contribution is 14.0. The molecule has 6 heteroatoms. The number of nitrogens with zero attached hydrogens (tertiary/aromatic N) is 1. The number of benzene rings is 1. The number of halogens is 1. The topological polar surface area (TPSA) is 56.7 Å². The van der Waals surface area contributed by atoms with Crippen molar-refractivity contribution in [2.45, 2.75) is 26.2 Å². The van der Waals surface area contributed by atoms with Crippen LogP contribution in [0.5, 0.6) is 5.75 Å². The average Bonchev–Trinajstić information content (AvgIpc) is 3.07. The predicted molar refractivity (Wildman–Crippen MR) is 114 cm³/mol. The summed E-state index contributed by atoms with van der Waals surface area (Å²) in [6.45, 7) is 6.65. The standard InChI is InChI=1S/C18H25N3OS.HI/c1-3-19-18(21-13-14(2)17-8-5-11-23-17)20-10-9-15-6-4-7-16(22)12-15;/h4-8,11-12,14,22H,3,9-10,13H2,1-2H3,(H2,19,20,21);1H. The van der Waals surface area contributed by atoms with Crippen molar-refractivity contribution >= 4 is 41.3 Å². The van der Waals surface area contributed by atoms with Crippen molar-refractivity contribution in [3.05, 3.63) is 52.2 Å². The number of hydrogen-bond acceptors (Lipinski definition) is 3. The van der Waals surface area contributed by atoms with Crippen LogP contribution in [0.25, 0.3) is 0 Å². The van der Waals surface area contributed by atoms with Crippen molar-refractivity contribution < 1.29 is 5.11 Å². The van der Waals surface area contributed by atoms with Crippen LogP contribution in [0.2, 0.25) is 0 Å². The number of aromatic hydroxyl groups is 1.